The zero-order valence-corrected chi connectivity index (χ0v) is 15.3. The molecule has 2 aromatic heterocycles. The topological polar surface area (TPSA) is 61.0 Å². The van der Waals surface area contributed by atoms with Crippen LogP contribution in [-0.2, 0) is 6.42 Å². The van der Waals surface area contributed by atoms with E-state index in [0.29, 0.717) is 18.1 Å². The van der Waals surface area contributed by atoms with E-state index in [1.165, 1.54) is 0 Å². The lowest BCUT2D eigenvalue weighted by atomic mass is 10.1. The van der Waals surface area contributed by atoms with Crippen LogP contribution in [0.25, 0.3) is 22.6 Å². The van der Waals surface area contributed by atoms with E-state index in [2.05, 4.69) is 20.5 Å². The van der Waals surface area contributed by atoms with Crippen molar-refractivity contribution in [2.75, 3.05) is 7.11 Å². The minimum atomic E-state index is 0.570. The lowest BCUT2D eigenvalue weighted by molar-refractivity contribution is 0.385. The van der Waals surface area contributed by atoms with Crippen molar-refractivity contribution >= 4 is 11.3 Å². The maximum Gasteiger partial charge on any atom is 0.231 e. The summed E-state index contributed by atoms with van der Waals surface area (Å²) in [5, 5.41) is 7.22. The average molecular weight is 363 g/mol. The van der Waals surface area contributed by atoms with Gasteiger partial charge in [-0.1, -0.05) is 41.6 Å². The molecule has 0 radical (unpaired) electrons. The van der Waals surface area contributed by atoms with Crippen molar-refractivity contribution in [1.29, 1.82) is 0 Å². The van der Waals surface area contributed by atoms with Gasteiger partial charge >= 0.3 is 0 Å². The first-order chi connectivity index (χ1) is 12.7. The van der Waals surface area contributed by atoms with Crippen LogP contribution < -0.4 is 4.74 Å². The van der Waals surface area contributed by atoms with E-state index in [4.69, 9.17) is 9.26 Å². The predicted octanol–water partition coefficient (Wildman–Crippen LogP) is 4.77. The Kier molecular flexibility index (Phi) is 4.50. The molecule has 5 nitrogen and oxygen atoms in total. The second-order valence-electron chi connectivity index (χ2n) is 5.87. The second kappa shape index (κ2) is 7.09. The highest BCUT2D eigenvalue weighted by Crippen LogP contribution is 2.25. The first-order valence-corrected chi connectivity index (χ1v) is 9.08. The molecule has 4 rings (SSSR count). The summed E-state index contributed by atoms with van der Waals surface area (Å²) in [7, 11) is 1.65. The molecule has 0 aliphatic rings. The number of nitrogens with zero attached hydrogens (tertiary/aromatic N) is 3. The maximum absolute atomic E-state index is 5.40. The van der Waals surface area contributed by atoms with Crippen molar-refractivity contribution in [2.45, 2.75) is 13.3 Å². The fourth-order valence-electron chi connectivity index (χ4n) is 2.69. The van der Waals surface area contributed by atoms with Gasteiger partial charge in [-0.15, -0.1) is 11.3 Å². The standard InChI is InChI=1S/C20H17N3O2S/c1-13-21-18(12-26-13)15-6-8-16(9-7-15)20-22-19(25-23-20)11-14-4-3-5-17(10-14)24-2/h3-10,12H,11H2,1-2H3. The number of ether oxygens (including phenoxy) is 1. The van der Waals surface area contributed by atoms with Crippen LogP contribution in [0.5, 0.6) is 5.75 Å². The van der Waals surface area contributed by atoms with Crippen LogP contribution in [-0.4, -0.2) is 22.2 Å². The molecule has 0 unspecified atom stereocenters. The van der Waals surface area contributed by atoms with Crippen LogP contribution in [0.15, 0.2) is 58.4 Å². The van der Waals surface area contributed by atoms with Crippen molar-refractivity contribution in [3.8, 4) is 28.4 Å². The lowest BCUT2D eigenvalue weighted by Gasteiger charge is -2.01. The molecule has 0 aliphatic heterocycles. The van der Waals surface area contributed by atoms with Gasteiger partial charge in [-0.25, -0.2) is 4.98 Å². The molecule has 6 heteroatoms. The predicted molar refractivity (Wildman–Crippen MR) is 101 cm³/mol. The smallest absolute Gasteiger partial charge is 0.231 e. The van der Waals surface area contributed by atoms with Crippen LogP contribution in [0, 0.1) is 6.92 Å². The third-order valence-corrected chi connectivity index (χ3v) is 4.79. The minimum absolute atomic E-state index is 0.570. The third kappa shape index (κ3) is 3.50. The summed E-state index contributed by atoms with van der Waals surface area (Å²) < 4.78 is 10.6. The van der Waals surface area contributed by atoms with E-state index in [9.17, 15) is 0 Å². The first-order valence-electron chi connectivity index (χ1n) is 8.20. The lowest BCUT2D eigenvalue weighted by Crippen LogP contribution is -1.90. The number of aromatic nitrogens is 3. The largest absolute Gasteiger partial charge is 0.497 e. The molecule has 2 aromatic carbocycles. The van der Waals surface area contributed by atoms with E-state index in [1.54, 1.807) is 18.4 Å². The van der Waals surface area contributed by atoms with Crippen LogP contribution in [0.2, 0.25) is 0 Å². The fourth-order valence-corrected chi connectivity index (χ4v) is 3.31. The molecule has 4 aromatic rings. The number of aryl methyl sites for hydroxylation is 1. The molecule has 0 fully saturated rings. The van der Waals surface area contributed by atoms with Crippen LogP contribution in [0.4, 0.5) is 0 Å². The summed E-state index contributed by atoms with van der Waals surface area (Å²) in [4.78, 5) is 9.01. The van der Waals surface area contributed by atoms with Gasteiger partial charge in [-0.2, -0.15) is 4.98 Å². The molecule has 0 amide bonds. The Bertz CT molecular complexity index is 1020. The Balaban J connectivity index is 1.52. The second-order valence-corrected chi connectivity index (χ2v) is 6.93. The molecule has 0 saturated carbocycles. The van der Waals surface area contributed by atoms with E-state index in [-0.39, 0.29) is 0 Å². The Morgan fingerprint density at radius 2 is 1.85 bits per heavy atom. The molecule has 26 heavy (non-hydrogen) atoms. The van der Waals surface area contributed by atoms with Gasteiger partial charge in [-0.3, -0.25) is 0 Å². The van der Waals surface area contributed by atoms with Crippen molar-refractivity contribution < 1.29 is 9.26 Å². The van der Waals surface area contributed by atoms with Gasteiger partial charge in [-0.05, 0) is 24.6 Å². The van der Waals surface area contributed by atoms with Crippen LogP contribution in [0.1, 0.15) is 16.5 Å². The summed E-state index contributed by atoms with van der Waals surface area (Å²) in [5.41, 5.74) is 4.05. The number of hydrogen-bond acceptors (Lipinski definition) is 6. The molecular weight excluding hydrogens is 346 g/mol. The maximum atomic E-state index is 5.40. The van der Waals surface area contributed by atoms with Gasteiger partial charge < -0.3 is 9.26 Å². The molecule has 2 heterocycles. The summed E-state index contributed by atoms with van der Waals surface area (Å²) in [6, 6.07) is 15.9. The van der Waals surface area contributed by atoms with Crippen molar-refractivity contribution in [1.82, 2.24) is 15.1 Å². The van der Waals surface area contributed by atoms with E-state index < -0.39 is 0 Å². The van der Waals surface area contributed by atoms with E-state index >= 15 is 0 Å². The molecule has 0 aliphatic carbocycles. The average Bonchev–Trinajstić information content (AvgIpc) is 3.31. The third-order valence-electron chi connectivity index (χ3n) is 4.02. The Labute approximate surface area is 155 Å². The molecule has 0 spiro atoms. The SMILES string of the molecule is COc1cccc(Cc2nc(-c3ccc(-c4csc(C)n4)cc3)no2)c1. The minimum Gasteiger partial charge on any atom is -0.497 e. The van der Waals surface area contributed by atoms with Crippen LogP contribution in [0.3, 0.4) is 0 Å². The highest BCUT2D eigenvalue weighted by molar-refractivity contribution is 7.09. The quantitative estimate of drug-likeness (QED) is 0.511. The molecule has 130 valence electrons. The Morgan fingerprint density at radius 1 is 1.04 bits per heavy atom. The monoisotopic (exact) mass is 363 g/mol. The van der Waals surface area contributed by atoms with Crippen molar-refractivity contribution in [2.24, 2.45) is 0 Å². The molecule has 0 N–H and O–H groups in total. The Morgan fingerprint density at radius 3 is 2.58 bits per heavy atom. The van der Waals surface area contributed by atoms with Gasteiger partial charge in [0, 0.05) is 16.5 Å². The van der Waals surface area contributed by atoms with Gasteiger partial charge in [0.15, 0.2) is 0 Å². The highest BCUT2D eigenvalue weighted by atomic mass is 32.1. The number of benzene rings is 2. The normalized spacial score (nSPS) is 10.8. The Hall–Kier alpha value is -2.99. The molecule has 0 saturated heterocycles. The number of thiazole rings is 1. The molecule has 0 bridgehead atoms. The van der Waals surface area contributed by atoms with Gasteiger partial charge in [0.05, 0.1) is 24.2 Å². The van der Waals surface area contributed by atoms with Crippen molar-refractivity contribution in [3.63, 3.8) is 0 Å². The molecular formula is C20H17N3O2S. The first kappa shape index (κ1) is 16.5. The summed E-state index contributed by atoms with van der Waals surface area (Å²) in [6.45, 7) is 2.01. The highest BCUT2D eigenvalue weighted by Gasteiger charge is 2.10. The van der Waals surface area contributed by atoms with E-state index in [0.717, 1.165) is 33.1 Å². The number of methoxy groups -OCH3 is 1. The van der Waals surface area contributed by atoms with Gasteiger partial charge in [0.2, 0.25) is 11.7 Å². The zero-order chi connectivity index (χ0) is 17.9. The summed E-state index contributed by atoms with van der Waals surface area (Å²) in [5.74, 6) is 1.98. The van der Waals surface area contributed by atoms with Gasteiger partial charge in [0.25, 0.3) is 0 Å². The van der Waals surface area contributed by atoms with Gasteiger partial charge in [0.1, 0.15) is 5.75 Å². The van der Waals surface area contributed by atoms with Crippen molar-refractivity contribution in [3.05, 3.63) is 70.4 Å². The summed E-state index contributed by atoms with van der Waals surface area (Å²) in [6.07, 6.45) is 0.570. The number of hydrogen-bond donors (Lipinski definition) is 0. The number of rotatable bonds is 5. The molecule has 0 atom stereocenters. The van der Waals surface area contributed by atoms with E-state index in [1.807, 2.05) is 55.5 Å². The van der Waals surface area contributed by atoms with Crippen LogP contribution >= 0.6 is 11.3 Å². The zero-order valence-electron chi connectivity index (χ0n) is 14.5. The summed E-state index contributed by atoms with van der Waals surface area (Å²) >= 11 is 1.65. The fraction of sp³-hybridized carbons (Fsp3) is 0.150.